The maximum Gasteiger partial charge on any atom is 0.115 e. The normalized spacial score (nSPS) is 11.7. The van der Waals surface area contributed by atoms with Gasteiger partial charge in [0.2, 0.25) is 0 Å². The van der Waals surface area contributed by atoms with Crippen molar-refractivity contribution in [3.63, 3.8) is 0 Å². The zero-order chi connectivity index (χ0) is 20.7. The molecule has 0 aliphatic heterocycles. The van der Waals surface area contributed by atoms with E-state index in [1.54, 1.807) is 12.1 Å². The van der Waals surface area contributed by atoms with Crippen LogP contribution in [-0.4, -0.2) is 11.3 Å². The standard InChI is InChI=1S/C28H27OP/c29-26-17-19-27(20-18-26)30-22-10-21-28(23-11-4-1-5-12-23,24-13-6-2-7-14-24)25-15-8-3-9-16-25/h1-9,11-20,29-30H,10,21-22H2. The smallest absolute Gasteiger partial charge is 0.115 e. The third-order valence-electron chi connectivity index (χ3n) is 5.72. The second kappa shape index (κ2) is 9.74. The predicted molar refractivity (Wildman–Crippen MR) is 129 cm³/mol. The molecule has 4 aromatic rings. The molecule has 0 saturated carbocycles. The lowest BCUT2D eigenvalue weighted by atomic mass is 9.67. The van der Waals surface area contributed by atoms with Crippen molar-refractivity contribution in [3.05, 3.63) is 132 Å². The maximum atomic E-state index is 9.52. The van der Waals surface area contributed by atoms with Gasteiger partial charge in [0.25, 0.3) is 0 Å². The average molecular weight is 410 g/mol. The van der Waals surface area contributed by atoms with Crippen LogP contribution in [0.25, 0.3) is 0 Å². The van der Waals surface area contributed by atoms with Gasteiger partial charge < -0.3 is 5.11 Å². The molecular formula is C28H27OP. The molecule has 150 valence electrons. The molecule has 0 aromatic heterocycles. The molecule has 1 unspecified atom stereocenters. The molecule has 1 atom stereocenters. The monoisotopic (exact) mass is 410 g/mol. The number of hydrogen-bond acceptors (Lipinski definition) is 1. The largest absolute Gasteiger partial charge is 0.508 e. The fourth-order valence-corrected chi connectivity index (χ4v) is 5.31. The van der Waals surface area contributed by atoms with E-state index in [4.69, 9.17) is 0 Å². The van der Waals surface area contributed by atoms with Crippen molar-refractivity contribution < 1.29 is 5.11 Å². The minimum absolute atomic E-state index is 0.163. The number of rotatable bonds is 8. The second-order valence-electron chi connectivity index (χ2n) is 7.58. The summed E-state index contributed by atoms with van der Waals surface area (Å²) in [5.74, 6) is 0.333. The van der Waals surface area contributed by atoms with Gasteiger partial charge >= 0.3 is 0 Å². The molecule has 1 nitrogen and oxygen atoms in total. The quantitative estimate of drug-likeness (QED) is 0.199. The molecule has 0 fully saturated rings. The van der Waals surface area contributed by atoms with Crippen molar-refractivity contribution in [1.82, 2.24) is 0 Å². The SMILES string of the molecule is Oc1ccc(PCCCC(c2ccccc2)(c2ccccc2)c2ccccc2)cc1. The van der Waals surface area contributed by atoms with Gasteiger partial charge in [0.15, 0.2) is 0 Å². The Morgan fingerprint density at radius 1 is 0.567 bits per heavy atom. The molecule has 30 heavy (non-hydrogen) atoms. The summed E-state index contributed by atoms with van der Waals surface area (Å²) in [5, 5.41) is 10.8. The first kappa shape index (κ1) is 20.4. The number of hydrogen-bond donors (Lipinski definition) is 1. The summed E-state index contributed by atoms with van der Waals surface area (Å²) in [6.07, 6.45) is 3.31. The minimum Gasteiger partial charge on any atom is -0.508 e. The van der Waals surface area contributed by atoms with E-state index in [0.29, 0.717) is 5.75 Å². The first-order valence-electron chi connectivity index (χ1n) is 10.5. The molecule has 1 N–H and O–H groups in total. The van der Waals surface area contributed by atoms with Gasteiger partial charge in [-0.05, 0) is 53.1 Å². The van der Waals surface area contributed by atoms with Crippen molar-refractivity contribution >= 4 is 13.9 Å². The molecule has 0 bridgehead atoms. The Hall–Kier alpha value is -2.89. The van der Waals surface area contributed by atoms with E-state index >= 15 is 0 Å². The summed E-state index contributed by atoms with van der Waals surface area (Å²) >= 11 is 0. The van der Waals surface area contributed by atoms with Crippen LogP contribution in [0.5, 0.6) is 5.75 Å². The highest BCUT2D eigenvalue weighted by atomic mass is 31.1. The number of phenols is 1. The Bertz CT molecular complexity index is 932. The van der Waals surface area contributed by atoms with Crippen molar-refractivity contribution in [2.75, 3.05) is 6.16 Å². The van der Waals surface area contributed by atoms with E-state index in [1.807, 2.05) is 12.1 Å². The lowest BCUT2D eigenvalue weighted by molar-refractivity contribution is 0.475. The summed E-state index contributed by atoms with van der Waals surface area (Å²) in [6, 6.07) is 40.4. The zero-order valence-electron chi connectivity index (χ0n) is 17.0. The highest BCUT2D eigenvalue weighted by Crippen LogP contribution is 2.43. The number of aromatic hydroxyl groups is 1. The summed E-state index contributed by atoms with van der Waals surface area (Å²) < 4.78 is 0. The first-order chi connectivity index (χ1) is 14.8. The third kappa shape index (κ3) is 4.48. The van der Waals surface area contributed by atoms with Gasteiger partial charge in [-0.1, -0.05) is 112 Å². The Balaban J connectivity index is 1.67. The average Bonchev–Trinajstić information content (AvgIpc) is 2.82. The summed E-state index contributed by atoms with van der Waals surface area (Å²) in [5.41, 5.74) is 3.87. The van der Waals surface area contributed by atoms with Crippen LogP contribution in [0.15, 0.2) is 115 Å². The highest BCUT2D eigenvalue weighted by molar-refractivity contribution is 7.47. The van der Waals surface area contributed by atoms with Gasteiger partial charge in [-0.2, -0.15) is 0 Å². The van der Waals surface area contributed by atoms with Gasteiger partial charge in [-0.15, -0.1) is 0 Å². The maximum absolute atomic E-state index is 9.52. The van der Waals surface area contributed by atoms with E-state index in [1.165, 1.54) is 22.0 Å². The van der Waals surface area contributed by atoms with Gasteiger partial charge in [0, 0.05) is 5.41 Å². The van der Waals surface area contributed by atoms with Crippen molar-refractivity contribution in [1.29, 1.82) is 0 Å². The summed E-state index contributed by atoms with van der Waals surface area (Å²) in [4.78, 5) is 0. The van der Waals surface area contributed by atoms with Crippen molar-refractivity contribution in [2.45, 2.75) is 18.3 Å². The number of benzene rings is 4. The van der Waals surface area contributed by atoms with E-state index in [0.717, 1.165) is 27.6 Å². The topological polar surface area (TPSA) is 20.2 Å². The molecular weight excluding hydrogens is 383 g/mol. The predicted octanol–water partition coefficient (Wildman–Crippen LogP) is 6.51. The molecule has 0 radical (unpaired) electrons. The van der Waals surface area contributed by atoms with E-state index in [-0.39, 0.29) is 5.41 Å². The third-order valence-corrected chi connectivity index (χ3v) is 7.07. The van der Waals surface area contributed by atoms with Crippen LogP contribution in [0.1, 0.15) is 29.5 Å². The highest BCUT2D eigenvalue weighted by Gasteiger charge is 2.35. The van der Waals surface area contributed by atoms with Crippen LogP contribution < -0.4 is 5.30 Å². The molecule has 0 aliphatic carbocycles. The molecule has 0 aliphatic rings. The van der Waals surface area contributed by atoms with Crippen LogP contribution in [0.3, 0.4) is 0 Å². The molecule has 4 aromatic carbocycles. The fourth-order valence-electron chi connectivity index (χ4n) is 4.27. The molecule has 0 spiro atoms. The van der Waals surface area contributed by atoms with Crippen molar-refractivity contribution in [3.8, 4) is 5.75 Å². The minimum atomic E-state index is -0.163. The van der Waals surface area contributed by atoms with Crippen LogP contribution in [-0.2, 0) is 5.41 Å². The van der Waals surface area contributed by atoms with Gasteiger partial charge in [0.1, 0.15) is 5.75 Å². The summed E-state index contributed by atoms with van der Waals surface area (Å²) in [6.45, 7) is 0. The molecule has 0 amide bonds. The molecule has 0 saturated heterocycles. The Labute approximate surface area is 181 Å². The number of phenolic OH excluding ortho intramolecular Hbond substituents is 1. The van der Waals surface area contributed by atoms with Gasteiger partial charge in [-0.25, -0.2) is 0 Å². The lowest BCUT2D eigenvalue weighted by Gasteiger charge is -2.36. The summed E-state index contributed by atoms with van der Waals surface area (Å²) in [7, 11) is 0.749. The van der Waals surface area contributed by atoms with Crippen LogP contribution >= 0.6 is 8.58 Å². The second-order valence-corrected chi connectivity index (χ2v) is 9.01. The van der Waals surface area contributed by atoms with Crippen LogP contribution in [0.2, 0.25) is 0 Å². The Morgan fingerprint density at radius 2 is 1.00 bits per heavy atom. The van der Waals surface area contributed by atoms with E-state index in [2.05, 4.69) is 91.0 Å². The van der Waals surface area contributed by atoms with Crippen LogP contribution in [0, 0.1) is 0 Å². The molecule has 0 heterocycles. The van der Waals surface area contributed by atoms with E-state index < -0.39 is 0 Å². The lowest BCUT2D eigenvalue weighted by Crippen LogP contribution is -2.29. The van der Waals surface area contributed by atoms with Gasteiger partial charge in [0.05, 0.1) is 0 Å². The first-order valence-corrected chi connectivity index (χ1v) is 11.7. The van der Waals surface area contributed by atoms with Crippen LogP contribution in [0.4, 0.5) is 0 Å². The zero-order valence-corrected chi connectivity index (χ0v) is 18.0. The Morgan fingerprint density at radius 3 is 1.43 bits per heavy atom. The Kier molecular flexibility index (Phi) is 6.62. The van der Waals surface area contributed by atoms with Gasteiger partial charge in [-0.3, -0.25) is 0 Å². The van der Waals surface area contributed by atoms with Crippen molar-refractivity contribution in [2.24, 2.45) is 0 Å². The molecule has 2 heteroatoms. The van der Waals surface area contributed by atoms with E-state index in [9.17, 15) is 5.11 Å². The fraction of sp³-hybridized carbons (Fsp3) is 0.143. The molecule has 4 rings (SSSR count).